The van der Waals surface area contributed by atoms with Gasteiger partial charge in [0.15, 0.2) is 0 Å². The molecule has 3 aromatic rings. The van der Waals surface area contributed by atoms with E-state index in [1.54, 1.807) is 57.3 Å². The van der Waals surface area contributed by atoms with Crippen molar-refractivity contribution in [3.05, 3.63) is 57.7 Å². The molecule has 0 bridgehead atoms. The van der Waals surface area contributed by atoms with Crippen LogP contribution < -0.4 is 5.32 Å². The number of fused-ring (bicyclic) bond motifs is 1. The summed E-state index contributed by atoms with van der Waals surface area (Å²) in [6, 6.07) is 9.79. The van der Waals surface area contributed by atoms with Crippen LogP contribution in [-0.2, 0) is 4.74 Å². The lowest BCUT2D eigenvalue weighted by Gasteiger charge is -2.22. The van der Waals surface area contributed by atoms with Crippen LogP contribution in [0.4, 0.5) is 4.79 Å². The summed E-state index contributed by atoms with van der Waals surface area (Å²) in [5.41, 5.74) is 1.57. The van der Waals surface area contributed by atoms with Crippen molar-refractivity contribution in [3.8, 4) is 11.1 Å². The molecule has 164 valence electrons. The van der Waals surface area contributed by atoms with Crippen molar-refractivity contribution in [2.75, 3.05) is 0 Å². The van der Waals surface area contributed by atoms with Gasteiger partial charge in [-0.25, -0.2) is 4.79 Å². The van der Waals surface area contributed by atoms with Gasteiger partial charge in [0.2, 0.25) is 0 Å². The number of carbonyl (C=O) groups is 2. The number of ether oxygens (including phenoxy) is 1. The van der Waals surface area contributed by atoms with E-state index in [4.69, 9.17) is 39.5 Å². The van der Waals surface area contributed by atoms with Gasteiger partial charge in [0.25, 0.3) is 5.91 Å². The number of nitrogens with zero attached hydrogens (tertiary/aromatic N) is 1. The van der Waals surface area contributed by atoms with Crippen LogP contribution >= 0.6 is 34.8 Å². The van der Waals surface area contributed by atoms with E-state index in [-0.39, 0.29) is 5.91 Å². The molecule has 0 saturated carbocycles. The van der Waals surface area contributed by atoms with Crippen LogP contribution in [0.25, 0.3) is 22.0 Å². The molecule has 0 spiro atoms. The number of nitrogens with one attached hydrogen (secondary N) is 1. The van der Waals surface area contributed by atoms with E-state index in [0.717, 1.165) is 16.5 Å². The molecule has 2 aromatic carbocycles. The second-order valence-electron chi connectivity index (χ2n) is 8.15. The molecule has 5 nitrogen and oxygen atoms in total. The minimum Gasteiger partial charge on any atom is -0.444 e. The topological polar surface area (TPSA) is 60.3 Å². The SMILES string of the molecule is CC[C@H](NC(=O)OC(C)(C)C)C(=O)n1cc(-c2ccc(Cl)c(Cl)c2)c2cc(Cl)ccc21. The molecule has 0 aliphatic carbocycles. The molecule has 3 rings (SSSR count). The molecule has 1 aromatic heterocycles. The molecule has 0 fully saturated rings. The number of halogens is 3. The number of amides is 1. The van der Waals surface area contributed by atoms with E-state index in [1.165, 1.54) is 4.57 Å². The van der Waals surface area contributed by atoms with Crippen LogP contribution in [-0.4, -0.2) is 28.2 Å². The van der Waals surface area contributed by atoms with Crippen molar-refractivity contribution >= 4 is 57.7 Å². The highest BCUT2D eigenvalue weighted by molar-refractivity contribution is 6.42. The van der Waals surface area contributed by atoms with E-state index in [1.807, 2.05) is 13.0 Å². The molecule has 1 N–H and O–H groups in total. The van der Waals surface area contributed by atoms with Gasteiger partial charge in [0.05, 0.1) is 15.6 Å². The van der Waals surface area contributed by atoms with Crippen molar-refractivity contribution in [2.45, 2.75) is 45.8 Å². The number of hydrogen-bond donors (Lipinski definition) is 1. The number of carbonyl (C=O) groups excluding carboxylic acids is 2. The zero-order chi connectivity index (χ0) is 22.9. The molecule has 8 heteroatoms. The van der Waals surface area contributed by atoms with Crippen LogP contribution in [0.3, 0.4) is 0 Å². The Morgan fingerprint density at radius 3 is 2.39 bits per heavy atom. The maximum atomic E-state index is 13.4. The fourth-order valence-corrected chi connectivity index (χ4v) is 3.70. The summed E-state index contributed by atoms with van der Waals surface area (Å²) in [5.74, 6) is -0.285. The highest BCUT2D eigenvalue weighted by Crippen LogP contribution is 2.35. The van der Waals surface area contributed by atoms with Gasteiger partial charge < -0.3 is 10.1 Å². The van der Waals surface area contributed by atoms with Gasteiger partial charge in [-0.1, -0.05) is 47.8 Å². The quantitative estimate of drug-likeness (QED) is 0.428. The summed E-state index contributed by atoms with van der Waals surface area (Å²) in [6.45, 7) is 7.12. The normalized spacial score (nSPS) is 12.6. The summed E-state index contributed by atoms with van der Waals surface area (Å²) in [6.07, 6.45) is 1.48. The van der Waals surface area contributed by atoms with Crippen LogP contribution in [0.5, 0.6) is 0 Å². The van der Waals surface area contributed by atoms with Crippen LogP contribution in [0.15, 0.2) is 42.6 Å². The summed E-state index contributed by atoms with van der Waals surface area (Å²) in [4.78, 5) is 25.6. The molecule has 0 unspecified atom stereocenters. The molecule has 0 radical (unpaired) electrons. The van der Waals surface area contributed by atoms with Crippen LogP contribution in [0.2, 0.25) is 15.1 Å². The molecule has 0 saturated heterocycles. The third-order valence-corrected chi connectivity index (χ3v) is 5.61. The Hall–Kier alpha value is -2.21. The van der Waals surface area contributed by atoms with Gasteiger partial charge in [-0.05, 0) is 63.1 Å². The largest absolute Gasteiger partial charge is 0.444 e. The third kappa shape index (κ3) is 5.35. The molecular formula is C23H23Cl3N2O3. The number of alkyl carbamates (subject to hydrolysis) is 1. The van der Waals surface area contributed by atoms with E-state index >= 15 is 0 Å². The van der Waals surface area contributed by atoms with Crippen LogP contribution in [0, 0.1) is 0 Å². The second-order valence-corrected chi connectivity index (χ2v) is 9.40. The molecular weight excluding hydrogens is 459 g/mol. The van der Waals surface area contributed by atoms with Gasteiger partial charge in [-0.2, -0.15) is 0 Å². The lowest BCUT2D eigenvalue weighted by molar-refractivity contribution is 0.0481. The number of rotatable bonds is 4. The molecule has 1 atom stereocenters. The van der Waals surface area contributed by atoms with E-state index < -0.39 is 17.7 Å². The first-order chi connectivity index (χ1) is 14.5. The average Bonchev–Trinajstić information content (AvgIpc) is 3.05. The zero-order valence-electron chi connectivity index (χ0n) is 17.6. The smallest absolute Gasteiger partial charge is 0.408 e. The van der Waals surface area contributed by atoms with Crippen molar-refractivity contribution in [1.82, 2.24) is 9.88 Å². The van der Waals surface area contributed by atoms with Gasteiger partial charge >= 0.3 is 6.09 Å². The van der Waals surface area contributed by atoms with Crippen LogP contribution in [0.1, 0.15) is 38.9 Å². The predicted octanol–water partition coefficient (Wildman–Crippen LogP) is 7.21. The summed E-state index contributed by atoms with van der Waals surface area (Å²) in [7, 11) is 0. The molecule has 0 aliphatic heterocycles. The van der Waals surface area contributed by atoms with E-state index in [9.17, 15) is 9.59 Å². The minimum absolute atomic E-state index is 0.285. The van der Waals surface area contributed by atoms with E-state index in [2.05, 4.69) is 5.32 Å². The van der Waals surface area contributed by atoms with E-state index in [0.29, 0.717) is 27.0 Å². The van der Waals surface area contributed by atoms with Gasteiger partial charge in [0.1, 0.15) is 11.6 Å². The summed E-state index contributed by atoms with van der Waals surface area (Å²) in [5, 5.41) is 4.84. The maximum absolute atomic E-state index is 13.4. The Morgan fingerprint density at radius 1 is 1.06 bits per heavy atom. The summed E-state index contributed by atoms with van der Waals surface area (Å²) < 4.78 is 6.82. The number of aromatic nitrogens is 1. The molecule has 1 heterocycles. The minimum atomic E-state index is -0.761. The fourth-order valence-electron chi connectivity index (χ4n) is 3.23. The average molecular weight is 482 g/mol. The highest BCUT2D eigenvalue weighted by Gasteiger charge is 2.26. The van der Waals surface area contributed by atoms with Crippen molar-refractivity contribution in [2.24, 2.45) is 0 Å². The maximum Gasteiger partial charge on any atom is 0.408 e. The fraction of sp³-hybridized carbons (Fsp3) is 0.304. The predicted molar refractivity (Wildman–Crippen MR) is 126 cm³/mol. The first-order valence-corrected chi connectivity index (χ1v) is 10.9. The molecule has 31 heavy (non-hydrogen) atoms. The Kier molecular flexibility index (Phi) is 6.89. The summed E-state index contributed by atoms with van der Waals surface area (Å²) >= 11 is 18.5. The van der Waals surface area contributed by atoms with Gasteiger partial charge in [0, 0.05) is 22.2 Å². The Labute approximate surface area is 196 Å². The second kappa shape index (κ2) is 9.11. The zero-order valence-corrected chi connectivity index (χ0v) is 19.9. The molecule has 1 amide bonds. The standard InChI is InChI=1S/C23H23Cl3N2O3/c1-5-19(27-22(30)31-23(2,3)4)21(29)28-12-16(13-6-8-17(25)18(26)10-13)15-11-14(24)7-9-20(15)28/h6-12,19H,5H2,1-4H3,(H,27,30)/t19-/m0/s1. The lowest BCUT2D eigenvalue weighted by Crippen LogP contribution is -2.44. The number of hydrogen-bond acceptors (Lipinski definition) is 3. The number of benzene rings is 2. The van der Waals surface area contributed by atoms with Crippen molar-refractivity contribution < 1.29 is 14.3 Å². The van der Waals surface area contributed by atoms with Crippen molar-refractivity contribution in [1.29, 1.82) is 0 Å². The third-order valence-electron chi connectivity index (χ3n) is 4.63. The Balaban J connectivity index is 2.04. The monoisotopic (exact) mass is 480 g/mol. The highest BCUT2D eigenvalue weighted by atomic mass is 35.5. The Morgan fingerprint density at radius 2 is 1.77 bits per heavy atom. The lowest BCUT2D eigenvalue weighted by atomic mass is 10.1. The first kappa shape index (κ1) is 23.5. The first-order valence-electron chi connectivity index (χ1n) is 9.80. The van der Waals surface area contributed by atoms with Gasteiger partial charge in [-0.3, -0.25) is 9.36 Å². The Bertz CT molecular complexity index is 1150. The molecule has 0 aliphatic rings. The van der Waals surface area contributed by atoms with Gasteiger partial charge in [-0.15, -0.1) is 0 Å². The van der Waals surface area contributed by atoms with Crippen molar-refractivity contribution in [3.63, 3.8) is 0 Å².